The van der Waals surface area contributed by atoms with E-state index in [1.54, 1.807) is 0 Å². The van der Waals surface area contributed by atoms with Crippen molar-refractivity contribution >= 4 is 5.91 Å². The smallest absolute Gasteiger partial charge is 0.220 e. The molecule has 0 bridgehead atoms. The average molecular weight is 369 g/mol. The first kappa shape index (κ1) is 18.2. The normalized spacial score (nSPS) is 20.2. The monoisotopic (exact) mass is 369 g/mol. The topological polar surface area (TPSA) is 65.4 Å². The number of rotatable bonds is 6. The van der Waals surface area contributed by atoms with E-state index in [9.17, 15) is 4.79 Å². The second kappa shape index (κ2) is 8.67. The van der Waals surface area contributed by atoms with Crippen molar-refractivity contribution < 1.29 is 14.3 Å². The summed E-state index contributed by atoms with van der Waals surface area (Å²) in [5, 5.41) is 7.79. The molecule has 3 heterocycles. The summed E-state index contributed by atoms with van der Waals surface area (Å²) in [4.78, 5) is 12.3. The molecule has 1 aromatic heterocycles. The molecule has 2 aromatic rings. The Bertz CT molecular complexity index is 753. The van der Waals surface area contributed by atoms with Crippen LogP contribution in [0.4, 0.5) is 0 Å². The molecule has 0 aliphatic carbocycles. The molecule has 0 saturated carbocycles. The highest BCUT2D eigenvalue weighted by Gasteiger charge is 2.26. The van der Waals surface area contributed by atoms with Crippen LogP contribution in [0.25, 0.3) is 0 Å². The van der Waals surface area contributed by atoms with E-state index in [0.29, 0.717) is 25.5 Å². The molecular weight excluding hydrogens is 342 g/mol. The summed E-state index contributed by atoms with van der Waals surface area (Å²) in [5.41, 5.74) is 3.41. The second-order valence-electron chi connectivity index (χ2n) is 7.40. The Balaban J connectivity index is 1.34. The number of amides is 1. The molecule has 6 heteroatoms. The first-order chi connectivity index (χ1) is 13.3. The van der Waals surface area contributed by atoms with Crippen molar-refractivity contribution in [2.45, 2.75) is 38.3 Å². The zero-order valence-electron chi connectivity index (χ0n) is 15.6. The van der Waals surface area contributed by atoms with Crippen LogP contribution in [0.1, 0.15) is 42.2 Å². The Morgan fingerprint density at radius 2 is 2.00 bits per heavy atom. The minimum Gasteiger partial charge on any atom is -0.381 e. The molecule has 27 heavy (non-hydrogen) atoms. The number of carbonyl (C=O) groups excluding carboxylic acids is 1. The molecule has 1 N–H and O–H groups in total. The summed E-state index contributed by atoms with van der Waals surface area (Å²) >= 11 is 0. The van der Waals surface area contributed by atoms with E-state index in [4.69, 9.17) is 14.6 Å². The van der Waals surface area contributed by atoms with Gasteiger partial charge < -0.3 is 14.8 Å². The van der Waals surface area contributed by atoms with Crippen molar-refractivity contribution in [1.29, 1.82) is 0 Å². The first-order valence-electron chi connectivity index (χ1n) is 9.84. The zero-order valence-corrected chi connectivity index (χ0v) is 15.6. The molecule has 2 aliphatic rings. The van der Waals surface area contributed by atoms with E-state index in [1.165, 1.54) is 11.1 Å². The van der Waals surface area contributed by atoms with Crippen molar-refractivity contribution in [1.82, 2.24) is 15.1 Å². The number of ether oxygens (including phenoxy) is 2. The Hall–Kier alpha value is -2.18. The number of benzene rings is 1. The van der Waals surface area contributed by atoms with Gasteiger partial charge in [0, 0.05) is 32.4 Å². The summed E-state index contributed by atoms with van der Waals surface area (Å²) < 4.78 is 13.2. The van der Waals surface area contributed by atoms with Crippen LogP contribution < -0.4 is 5.32 Å². The van der Waals surface area contributed by atoms with Gasteiger partial charge >= 0.3 is 0 Å². The van der Waals surface area contributed by atoms with Crippen LogP contribution in [-0.4, -0.2) is 42.1 Å². The SMILES string of the molecule is O=C(CC1CCOCC1)NC[C@@H]1OCCc2cn(Cc3ccccc3)nc21. The van der Waals surface area contributed by atoms with Crippen LogP contribution in [0, 0.1) is 5.92 Å². The summed E-state index contributed by atoms with van der Waals surface area (Å²) in [6.45, 7) is 3.44. The molecule has 0 unspecified atom stereocenters. The highest BCUT2D eigenvalue weighted by Crippen LogP contribution is 2.26. The van der Waals surface area contributed by atoms with Gasteiger partial charge in [0.2, 0.25) is 5.91 Å². The van der Waals surface area contributed by atoms with Gasteiger partial charge in [-0.3, -0.25) is 9.48 Å². The summed E-state index contributed by atoms with van der Waals surface area (Å²) in [5.74, 6) is 0.535. The van der Waals surface area contributed by atoms with Gasteiger partial charge in [0.25, 0.3) is 0 Å². The number of aromatic nitrogens is 2. The third-order valence-electron chi connectivity index (χ3n) is 5.35. The minimum absolute atomic E-state index is 0.0985. The van der Waals surface area contributed by atoms with Crippen LogP contribution in [-0.2, 0) is 27.2 Å². The maximum atomic E-state index is 12.3. The van der Waals surface area contributed by atoms with Gasteiger partial charge in [-0.2, -0.15) is 5.10 Å². The van der Waals surface area contributed by atoms with Crippen molar-refractivity contribution in [3.63, 3.8) is 0 Å². The van der Waals surface area contributed by atoms with Crippen LogP contribution in [0.3, 0.4) is 0 Å². The van der Waals surface area contributed by atoms with Gasteiger partial charge in [-0.15, -0.1) is 0 Å². The molecule has 1 atom stereocenters. The van der Waals surface area contributed by atoms with E-state index in [2.05, 4.69) is 23.6 Å². The molecule has 4 rings (SSSR count). The van der Waals surface area contributed by atoms with Crippen molar-refractivity contribution in [2.24, 2.45) is 5.92 Å². The maximum Gasteiger partial charge on any atom is 0.220 e. The van der Waals surface area contributed by atoms with E-state index in [-0.39, 0.29) is 12.0 Å². The van der Waals surface area contributed by atoms with E-state index in [0.717, 1.165) is 44.7 Å². The van der Waals surface area contributed by atoms with E-state index < -0.39 is 0 Å². The highest BCUT2D eigenvalue weighted by molar-refractivity contribution is 5.76. The average Bonchev–Trinajstić information content (AvgIpc) is 3.11. The molecule has 144 valence electrons. The van der Waals surface area contributed by atoms with Crippen molar-refractivity contribution in [2.75, 3.05) is 26.4 Å². The van der Waals surface area contributed by atoms with Crippen LogP contribution in [0.2, 0.25) is 0 Å². The lowest BCUT2D eigenvalue weighted by atomic mass is 9.96. The summed E-state index contributed by atoms with van der Waals surface area (Å²) in [7, 11) is 0. The molecule has 0 radical (unpaired) electrons. The fourth-order valence-electron chi connectivity index (χ4n) is 3.83. The van der Waals surface area contributed by atoms with Gasteiger partial charge in [0.05, 0.1) is 18.8 Å². The summed E-state index contributed by atoms with van der Waals surface area (Å²) in [6, 6.07) is 10.3. The van der Waals surface area contributed by atoms with E-state index in [1.807, 2.05) is 22.9 Å². The minimum atomic E-state index is -0.163. The lowest BCUT2D eigenvalue weighted by molar-refractivity contribution is -0.123. The summed E-state index contributed by atoms with van der Waals surface area (Å²) in [6.07, 6.45) is 5.34. The van der Waals surface area contributed by atoms with Gasteiger partial charge in [0.1, 0.15) is 6.10 Å². The first-order valence-corrected chi connectivity index (χ1v) is 9.84. The number of hydrogen-bond acceptors (Lipinski definition) is 4. The zero-order chi connectivity index (χ0) is 18.5. The van der Waals surface area contributed by atoms with Crippen molar-refractivity contribution in [3.8, 4) is 0 Å². The predicted molar refractivity (Wildman–Crippen MR) is 101 cm³/mol. The highest BCUT2D eigenvalue weighted by atomic mass is 16.5. The number of hydrogen-bond donors (Lipinski definition) is 1. The predicted octanol–water partition coefficient (Wildman–Crippen LogP) is 2.48. The fraction of sp³-hybridized carbons (Fsp3) is 0.524. The second-order valence-corrected chi connectivity index (χ2v) is 7.40. The van der Waals surface area contributed by atoms with Crippen LogP contribution >= 0.6 is 0 Å². The van der Waals surface area contributed by atoms with Gasteiger partial charge in [0.15, 0.2) is 0 Å². The molecule has 1 amide bonds. The third-order valence-corrected chi connectivity index (χ3v) is 5.35. The van der Waals surface area contributed by atoms with Gasteiger partial charge in [-0.05, 0) is 36.3 Å². The molecule has 6 nitrogen and oxygen atoms in total. The standard InChI is InChI=1S/C21H27N3O3/c25-20(12-16-6-9-26-10-7-16)22-13-19-21-18(8-11-27-19)15-24(23-21)14-17-4-2-1-3-5-17/h1-5,15-16,19H,6-14H2,(H,22,25)/t19-/m0/s1. The lowest BCUT2D eigenvalue weighted by Crippen LogP contribution is -2.33. The number of nitrogens with zero attached hydrogens (tertiary/aromatic N) is 2. The molecule has 1 saturated heterocycles. The number of nitrogens with one attached hydrogen (secondary N) is 1. The van der Waals surface area contributed by atoms with Crippen molar-refractivity contribution in [3.05, 3.63) is 53.3 Å². The largest absolute Gasteiger partial charge is 0.381 e. The Kier molecular flexibility index (Phi) is 5.84. The van der Waals surface area contributed by atoms with Gasteiger partial charge in [-0.25, -0.2) is 0 Å². The molecule has 0 spiro atoms. The van der Waals surface area contributed by atoms with Crippen LogP contribution in [0.5, 0.6) is 0 Å². The quantitative estimate of drug-likeness (QED) is 0.850. The Morgan fingerprint density at radius 1 is 1.19 bits per heavy atom. The third kappa shape index (κ3) is 4.76. The van der Waals surface area contributed by atoms with E-state index >= 15 is 0 Å². The maximum absolute atomic E-state index is 12.3. The number of carbonyl (C=O) groups is 1. The molecule has 1 fully saturated rings. The fourth-order valence-corrected chi connectivity index (χ4v) is 3.83. The molecular formula is C21H27N3O3. The number of fused-ring (bicyclic) bond motifs is 1. The Morgan fingerprint density at radius 3 is 2.81 bits per heavy atom. The van der Waals surface area contributed by atoms with Crippen LogP contribution in [0.15, 0.2) is 36.5 Å². The molecule has 1 aromatic carbocycles. The van der Waals surface area contributed by atoms with Gasteiger partial charge in [-0.1, -0.05) is 30.3 Å². The molecule has 2 aliphatic heterocycles. The Labute approximate surface area is 159 Å². The lowest BCUT2D eigenvalue weighted by Gasteiger charge is -2.24.